The van der Waals surface area contributed by atoms with Gasteiger partial charge in [0.2, 0.25) is 17.7 Å². The van der Waals surface area contributed by atoms with Gasteiger partial charge in [0.15, 0.2) is 11.6 Å². The van der Waals surface area contributed by atoms with E-state index in [1.807, 2.05) is 57.2 Å². The van der Waals surface area contributed by atoms with Gasteiger partial charge < -0.3 is 24.7 Å². The first kappa shape index (κ1) is 24.4. The van der Waals surface area contributed by atoms with Crippen molar-refractivity contribution in [2.24, 2.45) is 5.73 Å². The highest BCUT2D eigenvalue weighted by molar-refractivity contribution is 6.30. The molecule has 0 bridgehead atoms. The standard InChI is InChI=1S/C25H25ClN4O5/c1-4-33-24-20-25(29-19(28-24)11-15-5-7-17(26)8-6-15)35-23(30-20)16-9-13(2)21(14(3)10-16)34-12-18(31)22(27)32/h5-10,18,31H,4,11-12H2,1-3H3,(H2,27,32). The fraction of sp³-hybridized carbons (Fsp3) is 0.280. The number of carbonyl (C=O) groups is 1. The second-order valence-electron chi connectivity index (χ2n) is 8.02. The van der Waals surface area contributed by atoms with Crippen molar-refractivity contribution in [1.29, 1.82) is 0 Å². The summed E-state index contributed by atoms with van der Waals surface area (Å²) < 4.78 is 17.4. The summed E-state index contributed by atoms with van der Waals surface area (Å²) >= 11 is 5.98. The number of amides is 1. The number of ether oxygens (including phenoxy) is 2. The molecule has 0 saturated carbocycles. The number of halogens is 1. The molecule has 0 spiro atoms. The SMILES string of the molecule is CCOc1nc(Cc2ccc(Cl)cc2)nc2oc(-c3cc(C)c(OCC(O)C(N)=O)c(C)c3)nc12. The van der Waals surface area contributed by atoms with Crippen molar-refractivity contribution in [2.75, 3.05) is 13.2 Å². The number of benzene rings is 2. The maximum absolute atomic E-state index is 11.1. The maximum Gasteiger partial charge on any atom is 0.254 e. The highest BCUT2D eigenvalue weighted by Gasteiger charge is 2.20. The van der Waals surface area contributed by atoms with Crippen molar-refractivity contribution < 1.29 is 23.8 Å². The van der Waals surface area contributed by atoms with E-state index in [2.05, 4.69) is 15.0 Å². The van der Waals surface area contributed by atoms with E-state index in [0.29, 0.717) is 58.2 Å². The van der Waals surface area contributed by atoms with Crippen molar-refractivity contribution in [3.63, 3.8) is 0 Å². The summed E-state index contributed by atoms with van der Waals surface area (Å²) in [5, 5.41) is 10.3. The molecule has 10 heteroatoms. The molecule has 35 heavy (non-hydrogen) atoms. The molecule has 1 unspecified atom stereocenters. The number of fused-ring (bicyclic) bond motifs is 1. The number of aliphatic hydroxyl groups is 1. The molecular weight excluding hydrogens is 472 g/mol. The van der Waals surface area contributed by atoms with Crippen LogP contribution in [0.25, 0.3) is 22.7 Å². The lowest BCUT2D eigenvalue weighted by atomic mass is 10.1. The molecule has 1 amide bonds. The average Bonchev–Trinajstić information content (AvgIpc) is 3.24. The first-order chi connectivity index (χ1) is 16.7. The quantitative estimate of drug-likeness (QED) is 0.357. The zero-order valence-electron chi connectivity index (χ0n) is 19.5. The van der Waals surface area contributed by atoms with E-state index in [0.717, 1.165) is 16.7 Å². The molecule has 4 rings (SSSR count). The molecule has 2 aromatic carbocycles. The minimum absolute atomic E-state index is 0.233. The van der Waals surface area contributed by atoms with Gasteiger partial charge in [0.25, 0.3) is 5.71 Å². The summed E-state index contributed by atoms with van der Waals surface area (Å²) in [5.41, 5.74) is 9.11. The summed E-state index contributed by atoms with van der Waals surface area (Å²) in [6, 6.07) is 11.1. The number of oxazole rings is 1. The lowest BCUT2D eigenvalue weighted by Gasteiger charge is -2.14. The van der Waals surface area contributed by atoms with Crippen molar-refractivity contribution >= 4 is 28.7 Å². The Bertz CT molecular complexity index is 1350. The molecular formula is C25H25ClN4O5. The van der Waals surface area contributed by atoms with Crippen molar-refractivity contribution in [3.05, 3.63) is 63.9 Å². The fourth-order valence-electron chi connectivity index (χ4n) is 3.61. The molecule has 0 fully saturated rings. The summed E-state index contributed by atoms with van der Waals surface area (Å²) in [6.07, 6.45) is -0.909. The van der Waals surface area contributed by atoms with Crippen LogP contribution in [-0.4, -0.2) is 45.3 Å². The van der Waals surface area contributed by atoms with E-state index in [-0.39, 0.29) is 6.61 Å². The summed E-state index contributed by atoms with van der Waals surface area (Å²) in [7, 11) is 0. The van der Waals surface area contributed by atoms with E-state index in [1.54, 1.807) is 0 Å². The van der Waals surface area contributed by atoms with Crippen molar-refractivity contribution in [3.8, 4) is 23.1 Å². The predicted octanol–water partition coefficient (Wildman–Crippen LogP) is 3.77. The normalized spacial score (nSPS) is 12.0. The molecule has 4 aromatic rings. The molecule has 1 atom stereocenters. The Morgan fingerprint density at radius 2 is 1.80 bits per heavy atom. The Morgan fingerprint density at radius 1 is 1.11 bits per heavy atom. The van der Waals surface area contributed by atoms with Gasteiger partial charge in [-0.3, -0.25) is 4.79 Å². The van der Waals surface area contributed by atoms with E-state index in [4.69, 9.17) is 31.2 Å². The van der Waals surface area contributed by atoms with Crippen molar-refractivity contribution in [2.45, 2.75) is 33.3 Å². The Kier molecular flexibility index (Phi) is 7.18. The number of primary amides is 1. The van der Waals surface area contributed by atoms with Gasteiger partial charge in [-0.2, -0.15) is 9.97 Å². The smallest absolute Gasteiger partial charge is 0.254 e. The third kappa shape index (κ3) is 5.52. The fourth-order valence-corrected chi connectivity index (χ4v) is 3.74. The molecule has 0 saturated heterocycles. The van der Waals surface area contributed by atoms with Crippen LogP contribution >= 0.6 is 11.6 Å². The number of hydrogen-bond acceptors (Lipinski definition) is 8. The summed E-state index contributed by atoms with van der Waals surface area (Å²) in [5.74, 6) is 0.949. The zero-order chi connectivity index (χ0) is 25.1. The second-order valence-corrected chi connectivity index (χ2v) is 8.46. The van der Waals surface area contributed by atoms with Crippen LogP contribution in [0.15, 0.2) is 40.8 Å². The number of aryl methyl sites for hydroxylation is 2. The number of hydrogen-bond donors (Lipinski definition) is 2. The first-order valence-corrected chi connectivity index (χ1v) is 11.4. The molecule has 0 aliphatic carbocycles. The van der Waals surface area contributed by atoms with Gasteiger partial charge in [-0.05, 0) is 61.7 Å². The maximum atomic E-state index is 11.1. The molecule has 182 valence electrons. The highest BCUT2D eigenvalue weighted by atomic mass is 35.5. The van der Waals surface area contributed by atoms with E-state index in [1.165, 1.54) is 0 Å². The van der Waals surface area contributed by atoms with Gasteiger partial charge in [-0.1, -0.05) is 23.7 Å². The third-order valence-corrected chi connectivity index (χ3v) is 5.50. The molecule has 2 heterocycles. The van der Waals surface area contributed by atoms with Gasteiger partial charge in [-0.15, -0.1) is 0 Å². The third-order valence-electron chi connectivity index (χ3n) is 5.25. The number of aliphatic hydroxyl groups excluding tert-OH is 1. The van der Waals surface area contributed by atoms with Crippen LogP contribution in [0.2, 0.25) is 5.02 Å². The molecule has 3 N–H and O–H groups in total. The Hall–Kier alpha value is -3.69. The molecule has 0 aliphatic rings. The highest BCUT2D eigenvalue weighted by Crippen LogP contribution is 2.33. The van der Waals surface area contributed by atoms with Gasteiger partial charge in [0.1, 0.15) is 18.2 Å². The van der Waals surface area contributed by atoms with Gasteiger partial charge in [-0.25, -0.2) is 4.98 Å². The minimum atomic E-state index is -1.39. The minimum Gasteiger partial charge on any atom is -0.490 e. The number of aromatic nitrogens is 3. The van der Waals surface area contributed by atoms with Crippen LogP contribution < -0.4 is 15.2 Å². The van der Waals surface area contributed by atoms with Crippen LogP contribution in [0.3, 0.4) is 0 Å². The summed E-state index contributed by atoms with van der Waals surface area (Å²) in [6.45, 7) is 5.75. The monoisotopic (exact) mass is 496 g/mol. The van der Waals surface area contributed by atoms with Gasteiger partial charge in [0.05, 0.1) is 6.61 Å². The Balaban J connectivity index is 1.67. The predicted molar refractivity (Wildman–Crippen MR) is 131 cm³/mol. The number of carbonyl (C=O) groups excluding carboxylic acids is 1. The number of nitrogens with two attached hydrogens (primary N) is 1. The van der Waals surface area contributed by atoms with E-state index in [9.17, 15) is 9.90 Å². The van der Waals surface area contributed by atoms with Crippen LogP contribution in [0.4, 0.5) is 0 Å². The average molecular weight is 497 g/mol. The lowest BCUT2D eigenvalue weighted by molar-refractivity contribution is -0.127. The van der Waals surface area contributed by atoms with Gasteiger partial charge >= 0.3 is 0 Å². The number of nitrogens with zero attached hydrogens (tertiary/aromatic N) is 3. The second kappa shape index (κ2) is 10.3. The zero-order valence-corrected chi connectivity index (χ0v) is 20.3. The molecule has 0 aliphatic heterocycles. The van der Waals surface area contributed by atoms with Crippen LogP contribution in [0.1, 0.15) is 29.4 Å². The van der Waals surface area contributed by atoms with E-state index < -0.39 is 12.0 Å². The lowest BCUT2D eigenvalue weighted by Crippen LogP contribution is -2.33. The number of rotatable bonds is 9. The van der Waals surface area contributed by atoms with Crippen LogP contribution in [0, 0.1) is 13.8 Å². The Labute approximate surface area is 206 Å². The van der Waals surface area contributed by atoms with Crippen LogP contribution in [-0.2, 0) is 11.2 Å². The van der Waals surface area contributed by atoms with Crippen LogP contribution in [0.5, 0.6) is 11.6 Å². The topological polar surface area (TPSA) is 134 Å². The van der Waals surface area contributed by atoms with Crippen molar-refractivity contribution in [1.82, 2.24) is 15.0 Å². The largest absolute Gasteiger partial charge is 0.490 e. The molecule has 0 radical (unpaired) electrons. The van der Waals surface area contributed by atoms with E-state index >= 15 is 0 Å². The first-order valence-electron chi connectivity index (χ1n) is 11.0. The molecule has 9 nitrogen and oxygen atoms in total. The molecule has 2 aromatic heterocycles. The Morgan fingerprint density at radius 3 is 2.43 bits per heavy atom. The van der Waals surface area contributed by atoms with Gasteiger partial charge in [0, 0.05) is 17.0 Å². The summed E-state index contributed by atoms with van der Waals surface area (Å²) in [4.78, 5) is 24.8.